The van der Waals surface area contributed by atoms with Gasteiger partial charge in [0, 0.05) is 23.6 Å². The number of rotatable bonds is 5. The lowest BCUT2D eigenvalue weighted by Crippen LogP contribution is -2.37. The standard InChI is InChI=1S/C13H26N2S/c1-11(9-15-5-3-4-6-15)8-14-13-7-12(2)16-10-13/h11-14H,3-10H2,1-2H3. The lowest BCUT2D eigenvalue weighted by Gasteiger charge is -2.22. The molecule has 3 atom stereocenters. The molecule has 0 aromatic rings. The maximum absolute atomic E-state index is 3.74. The highest BCUT2D eigenvalue weighted by atomic mass is 32.2. The van der Waals surface area contributed by atoms with Crippen LogP contribution in [0.2, 0.25) is 0 Å². The van der Waals surface area contributed by atoms with Crippen LogP contribution in [0.3, 0.4) is 0 Å². The molecule has 0 amide bonds. The van der Waals surface area contributed by atoms with Crippen molar-refractivity contribution in [2.75, 3.05) is 31.9 Å². The van der Waals surface area contributed by atoms with Crippen LogP contribution in [0.5, 0.6) is 0 Å². The lowest BCUT2D eigenvalue weighted by atomic mass is 10.1. The van der Waals surface area contributed by atoms with E-state index in [-0.39, 0.29) is 0 Å². The van der Waals surface area contributed by atoms with Crippen molar-refractivity contribution >= 4 is 11.8 Å². The van der Waals surface area contributed by atoms with Crippen molar-refractivity contribution in [2.45, 2.75) is 44.4 Å². The fourth-order valence-electron chi connectivity index (χ4n) is 2.80. The van der Waals surface area contributed by atoms with Crippen LogP contribution in [-0.2, 0) is 0 Å². The van der Waals surface area contributed by atoms with Crippen molar-refractivity contribution in [1.82, 2.24) is 10.2 Å². The van der Waals surface area contributed by atoms with Crippen LogP contribution in [-0.4, -0.2) is 48.1 Å². The van der Waals surface area contributed by atoms with Gasteiger partial charge in [-0.1, -0.05) is 13.8 Å². The number of nitrogens with one attached hydrogen (secondary N) is 1. The maximum Gasteiger partial charge on any atom is 0.0168 e. The maximum atomic E-state index is 3.74. The van der Waals surface area contributed by atoms with Crippen molar-refractivity contribution < 1.29 is 0 Å². The number of likely N-dealkylation sites (tertiary alicyclic amines) is 1. The van der Waals surface area contributed by atoms with Gasteiger partial charge in [-0.25, -0.2) is 0 Å². The molecule has 0 bridgehead atoms. The molecule has 0 aromatic heterocycles. The summed E-state index contributed by atoms with van der Waals surface area (Å²) in [6.45, 7) is 9.90. The molecule has 0 aromatic carbocycles. The molecule has 2 heterocycles. The van der Waals surface area contributed by atoms with Crippen LogP contribution in [0.25, 0.3) is 0 Å². The molecule has 2 nitrogen and oxygen atoms in total. The van der Waals surface area contributed by atoms with E-state index in [1.54, 1.807) is 0 Å². The summed E-state index contributed by atoms with van der Waals surface area (Å²) in [7, 11) is 0. The first-order valence-corrected chi connectivity index (χ1v) is 7.86. The number of thioether (sulfide) groups is 1. The Morgan fingerprint density at radius 3 is 2.75 bits per heavy atom. The normalized spacial score (nSPS) is 33.4. The van der Waals surface area contributed by atoms with E-state index in [1.165, 1.54) is 51.2 Å². The number of hydrogen-bond acceptors (Lipinski definition) is 3. The summed E-state index contributed by atoms with van der Waals surface area (Å²) in [6, 6.07) is 0.779. The van der Waals surface area contributed by atoms with Gasteiger partial charge in [-0.2, -0.15) is 11.8 Å². The van der Waals surface area contributed by atoms with Gasteiger partial charge in [0.25, 0.3) is 0 Å². The summed E-state index contributed by atoms with van der Waals surface area (Å²) in [5, 5.41) is 4.61. The summed E-state index contributed by atoms with van der Waals surface area (Å²) in [5.74, 6) is 2.12. The van der Waals surface area contributed by atoms with Gasteiger partial charge in [0.2, 0.25) is 0 Å². The van der Waals surface area contributed by atoms with Crippen LogP contribution in [0.15, 0.2) is 0 Å². The molecule has 0 radical (unpaired) electrons. The monoisotopic (exact) mass is 242 g/mol. The molecule has 0 saturated carbocycles. The molecule has 0 aliphatic carbocycles. The van der Waals surface area contributed by atoms with Gasteiger partial charge in [0.15, 0.2) is 0 Å². The van der Waals surface area contributed by atoms with Crippen molar-refractivity contribution in [1.29, 1.82) is 0 Å². The van der Waals surface area contributed by atoms with Gasteiger partial charge in [-0.15, -0.1) is 0 Å². The first-order valence-electron chi connectivity index (χ1n) is 6.81. The topological polar surface area (TPSA) is 15.3 Å². The second-order valence-electron chi connectivity index (χ2n) is 5.60. The Hall–Kier alpha value is 0.270. The first-order chi connectivity index (χ1) is 7.74. The molecule has 94 valence electrons. The van der Waals surface area contributed by atoms with Crippen LogP contribution in [0.4, 0.5) is 0 Å². The molecule has 2 fully saturated rings. The summed E-state index contributed by atoms with van der Waals surface area (Å²) >= 11 is 2.12. The molecule has 2 saturated heterocycles. The molecule has 2 aliphatic rings. The van der Waals surface area contributed by atoms with E-state index in [4.69, 9.17) is 0 Å². The molecule has 16 heavy (non-hydrogen) atoms. The fraction of sp³-hybridized carbons (Fsp3) is 1.00. The van der Waals surface area contributed by atoms with E-state index in [0.717, 1.165) is 17.2 Å². The van der Waals surface area contributed by atoms with E-state index in [1.807, 2.05) is 0 Å². The zero-order valence-corrected chi connectivity index (χ0v) is 11.6. The summed E-state index contributed by atoms with van der Waals surface area (Å²) in [5.41, 5.74) is 0. The number of hydrogen-bond donors (Lipinski definition) is 1. The van der Waals surface area contributed by atoms with Gasteiger partial charge in [0.05, 0.1) is 0 Å². The third kappa shape index (κ3) is 3.94. The number of nitrogens with zero attached hydrogens (tertiary/aromatic N) is 1. The molecule has 1 N–H and O–H groups in total. The minimum atomic E-state index is 0.779. The van der Waals surface area contributed by atoms with Gasteiger partial charge >= 0.3 is 0 Å². The highest BCUT2D eigenvalue weighted by Crippen LogP contribution is 2.25. The Labute approximate surface area is 105 Å². The second kappa shape index (κ2) is 6.27. The first kappa shape index (κ1) is 12.7. The van der Waals surface area contributed by atoms with E-state index in [9.17, 15) is 0 Å². The Bertz CT molecular complexity index is 204. The molecular formula is C13H26N2S. The van der Waals surface area contributed by atoms with Gasteiger partial charge in [-0.3, -0.25) is 0 Å². The van der Waals surface area contributed by atoms with Crippen molar-refractivity contribution in [2.24, 2.45) is 5.92 Å². The van der Waals surface area contributed by atoms with Crippen LogP contribution in [0, 0.1) is 5.92 Å². The van der Waals surface area contributed by atoms with Crippen molar-refractivity contribution in [3.8, 4) is 0 Å². The van der Waals surface area contributed by atoms with E-state index in [0.29, 0.717) is 0 Å². The molecule has 3 unspecified atom stereocenters. The zero-order chi connectivity index (χ0) is 11.4. The third-order valence-electron chi connectivity index (χ3n) is 3.72. The molecule has 0 spiro atoms. The predicted octanol–water partition coefficient (Wildman–Crippen LogP) is 2.20. The lowest BCUT2D eigenvalue weighted by molar-refractivity contribution is 0.278. The Balaban J connectivity index is 1.58. The largest absolute Gasteiger partial charge is 0.313 e. The van der Waals surface area contributed by atoms with Crippen LogP contribution >= 0.6 is 11.8 Å². The van der Waals surface area contributed by atoms with E-state index in [2.05, 4.69) is 35.8 Å². The van der Waals surface area contributed by atoms with Crippen molar-refractivity contribution in [3.63, 3.8) is 0 Å². The molecular weight excluding hydrogens is 216 g/mol. The molecule has 3 heteroatoms. The predicted molar refractivity (Wildman–Crippen MR) is 73.2 cm³/mol. The Morgan fingerprint density at radius 2 is 2.12 bits per heavy atom. The van der Waals surface area contributed by atoms with Crippen LogP contribution in [0.1, 0.15) is 33.1 Å². The smallest absolute Gasteiger partial charge is 0.0168 e. The summed E-state index contributed by atoms with van der Waals surface area (Å²) < 4.78 is 0. The van der Waals surface area contributed by atoms with Crippen LogP contribution < -0.4 is 5.32 Å². The zero-order valence-electron chi connectivity index (χ0n) is 10.7. The minimum Gasteiger partial charge on any atom is -0.313 e. The van der Waals surface area contributed by atoms with Gasteiger partial charge < -0.3 is 10.2 Å². The average Bonchev–Trinajstić information content (AvgIpc) is 2.87. The SMILES string of the molecule is CC(CNC1CSC(C)C1)CN1CCCC1. The summed E-state index contributed by atoms with van der Waals surface area (Å²) in [4.78, 5) is 2.62. The van der Waals surface area contributed by atoms with E-state index >= 15 is 0 Å². The van der Waals surface area contributed by atoms with Gasteiger partial charge in [-0.05, 0) is 44.8 Å². The highest BCUT2D eigenvalue weighted by molar-refractivity contribution is 8.00. The third-order valence-corrected chi connectivity index (χ3v) is 5.08. The Kier molecular flexibility index (Phi) is 4.98. The van der Waals surface area contributed by atoms with E-state index < -0.39 is 0 Å². The Morgan fingerprint density at radius 1 is 1.38 bits per heavy atom. The minimum absolute atomic E-state index is 0.779. The summed E-state index contributed by atoms with van der Waals surface area (Å²) in [6.07, 6.45) is 4.19. The van der Waals surface area contributed by atoms with Crippen molar-refractivity contribution in [3.05, 3.63) is 0 Å². The molecule has 2 rings (SSSR count). The van der Waals surface area contributed by atoms with Gasteiger partial charge in [0.1, 0.15) is 0 Å². The second-order valence-corrected chi connectivity index (χ2v) is 7.07. The highest BCUT2D eigenvalue weighted by Gasteiger charge is 2.22. The quantitative estimate of drug-likeness (QED) is 0.796. The average molecular weight is 242 g/mol. The molecule has 2 aliphatic heterocycles. The fourth-order valence-corrected chi connectivity index (χ4v) is 3.98.